The third-order valence-corrected chi connectivity index (χ3v) is 4.08. The van der Waals surface area contributed by atoms with E-state index in [9.17, 15) is 4.79 Å². The van der Waals surface area contributed by atoms with E-state index >= 15 is 0 Å². The molecule has 0 saturated carbocycles. The average molecular weight is 357 g/mol. The van der Waals surface area contributed by atoms with Crippen molar-refractivity contribution in [1.82, 2.24) is 0 Å². The smallest absolute Gasteiger partial charge is 0.260 e. The fraction of sp³-hybridized carbons (Fsp3) is 0.222. The minimum atomic E-state index is -0.755. The molecule has 3 N–H and O–H groups in total. The molecule has 0 radical (unpaired) electrons. The largest absolute Gasteiger partial charge is 0.494 e. The van der Waals surface area contributed by atoms with E-state index in [0.29, 0.717) is 17.5 Å². The summed E-state index contributed by atoms with van der Waals surface area (Å²) in [6, 6.07) is 14.9. The number of ether oxygens (including phenoxy) is 2. The van der Waals surface area contributed by atoms with Crippen LogP contribution in [0.25, 0.3) is 0 Å². The van der Waals surface area contributed by atoms with Crippen LogP contribution in [0.4, 0.5) is 11.4 Å². The SMILES string of the molecule is CCOc1ccc(NC(=S)N2CC(C(N)=O)Oc3ccccc32)cc1. The van der Waals surface area contributed by atoms with Crippen molar-refractivity contribution in [3.05, 3.63) is 48.5 Å². The number of carbonyl (C=O) groups excluding carboxylic acids is 1. The Hall–Kier alpha value is -2.80. The number of carbonyl (C=O) groups is 1. The highest BCUT2D eigenvalue weighted by Crippen LogP contribution is 2.33. The number of hydrogen-bond acceptors (Lipinski definition) is 4. The van der Waals surface area contributed by atoms with Gasteiger partial charge in [0.15, 0.2) is 11.2 Å². The third-order valence-electron chi connectivity index (χ3n) is 3.75. The molecule has 0 aromatic heterocycles. The van der Waals surface area contributed by atoms with Crippen molar-refractivity contribution in [2.45, 2.75) is 13.0 Å². The quantitative estimate of drug-likeness (QED) is 0.819. The van der Waals surface area contributed by atoms with Gasteiger partial charge in [0.1, 0.15) is 11.5 Å². The van der Waals surface area contributed by atoms with Gasteiger partial charge in [-0.3, -0.25) is 4.79 Å². The summed E-state index contributed by atoms with van der Waals surface area (Å²) in [6.07, 6.45) is -0.755. The van der Waals surface area contributed by atoms with Crippen molar-refractivity contribution in [3.63, 3.8) is 0 Å². The van der Waals surface area contributed by atoms with Crippen LogP contribution in [0.3, 0.4) is 0 Å². The molecular formula is C18H19N3O3S. The lowest BCUT2D eigenvalue weighted by Crippen LogP contribution is -2.50. The summed E-state index contributed by atoms with van der Waals surface area (Å²) in [6.45, 7) is 2.81. The van der Waals surface area contributed by atoms with Crippen LogP contribution < -0.4 is 25.4 Å². The predicted octanol–water partition coefficient (Wildman–Crippen LogP) is 2.54. The molecule has 1 unspecified atom stereocenters. The highest BCUT2D eigenvalue weighted by Gasteiger charge is 2.31. The van der Waals surface area contributed by atoms with Crippen LogP contribution >= 0.6 is 12.2 Å². The van der Waals surface area contributed by atoms with Crippen LogP contribution in [-0.2, 0) is 4.79 Å². The van der Waals surface area contributed by atoms with Gasteiger partial charge in [-0.05, 0) is 55.5 Å². The van der Waals surface area contributed by atoms with E-state index in [2.05, 4.69) is 5.32 Å². The Kier molecular flexibility index (Phi) is 5.04. The second kappa shape index (κ2) is 7.40. The predicted molar refractivity (Wildman–Crippen MR) is 101 cm³/mol. The van der Waals surface area contributed by atoms with Gasteiger partial charge < -0.3 is 25.4 Å². The molecule has 1 heterocycles. The van der Waals surface area contributed by atoms with E-state index in [4.69, 9.17) is 27.4 Å². The monoisotopic (exact) mass is 357 g/mol. The van der Waals surface area contributed by atoms with Gasteiger partial charge in [-0.1, -0.05) is 12.1 Å². The fourth-order valence-corrected chi connectivity index (χ4v) is 2.86. The number of nitrogens with two attached hydrogens (primary N) is 1. The van der Waals surface area contributed by atoms with Crippen molar-refractivity contribution in [2.24, 2.45) is 5.73 Å². The molecular weight excluding hydrogens is 338 g/mol. The van der Waals surface area contributed by atoms with Gasteiger partial charge in [0.05, 0.1) is 18.8 Å². The van der Waals surface area contributed by atoms with Gasteiger partial charge in [-0.25, -0.2) is 0 Å². The summed E-state index contributed by atoms with van der Waals surface area (Å²) in [5.74, 6) is 0.848. The average Bonchev–Trinajstić information content (AvgIpc) is 2.62. The fourth-order valence-electron chi connectivity index (χ4n) is 2.57. The van der Waals surface area contributed by atoms with E-state index in [0.717, 1.165) is 17.1 Å². The number of rotatable bonds is 4. The number of hydrogen-bond donors (Lipinski definition) is 2. The van der Waals surface area contributed by atoms with Gasteiger partial charge in [0.2, 0.25) is 0 Å². The summed E-state index contributed by atoms with van der Waals surface area (Å²) in [7, 11) is 0. The van der Waals surface area contributed by atoms with Crippen LogP contribution in [0, 0.1) is 0 Å². The van der Waals surface area contributed by atoms with Crippen LogP contribution in [0.2, 0.25) is 0 Å². The van der Waals surface area contributed by atoms with Crippen LogP contribution in [0.5, 0.6) is 11.5 Å². The molecule has 1 amide bonds. The van der Waals surface area contributed by atoms with E-state index in [1.54, 1.807) is 6.07 Å². The Morgan fingerprint density at radius 1 is 1.32 bits per heavy atom. The van der Waals surface area contributed by atoms with Crippen LogP contribution in [0.15, 0.2) is 48.5 Å². The Labute approximate surface area is 151 Å². The molecule has 25 heavy (non-hydrogen) atoms. The lowest BCUT2D eigenvalue weighted by Gasteiger charge is -2.35. The Bertz CT molecular complexity index is 779. The highest BCUT2D eigenvalue weighted by molar-refractivity contribution is 7.80. The van der Waals surface area contributed by atoms with Gasteiger partial charge >= 0.3 is 0 Å². The summed E-state index contributed by atoms with van der Waals surface area (Å²) in [5, 5.41) is 3.64. The number of fused-ring (bicyclic) bond motifs is 1. The molecule has 130 valence electrons. The van der Waals surface area contributed by atoms with Crippen molar-refractivity contribution >= 4 is 34.6 Å². The molecule has 0 bridgehead atoms. The van der Waals surface area contributed by atoms with Crippen molar-refractivity contribution in [3.8, 4) is 11.5 Å². The van der Waals surface area contributed by atoms with Gasteiger partial charge in [0, 0.05) is 5.69 Å². The molecule has 0 spiro atoms. The number of nitrogens with one attached hydrogen (secondary N) is 1. The zero-order valence-electron chi connectivity index (χ0n) is 13.8. The number of benzene rings is 2. The Balaban J connectivity index is 1.79. The minimum absolute atomic E-state index is 0.259. The summed E-state index contributed by atoms with van der Waals surface area (Å²) in [5.41, 5.74) is 7.04. The first-order valence-electron chi connectivity index (χ1n) is 7.95. The molecule has 2 aromatic rings. The highest BCUT2D eigenvalue weighted by atomic mass is 32.1. The summed E-state index contributed by atoms with van der Waals surface area (Å²) < 4.78 is 11.1. The van der Waals surface area contributed by atoms with E-state index < -0.39 is 12.0 Å². The molecule has 0 aliphatic carbocycles. The van der Waals surface area contributed by atoms with Crippen molar-refractivity contribution in [1.29, 1.82) is 0 Å². The second-order valence-electron chi connectivity index (χ2n) is 5.47. The number of thiocarbonyl (C=S) groups is 1. The molecule has 0 saturated heterocycles. The van der Waals surface area contributed by atoms with Gasteiger partial charge in [-0.2, -0.15) is 0 Å². The zero-order chi connectivity index (χ0) is 17.8. The second-order valence-corrected chi connectivity index (χ2v) is 5.86. The molecule has 1 aliphatic rings. The minimum Gasteiger partial charge on any atom is -0.494 e. The first-order valence-corrected chi connectivity index (χ1v) is 8.35. The number of primary amides is 1. The van der Waals surface area contributed by atoms with Crippen molar-refractivity contribution in [2.75, 3.05) is 23.4 Å². The van der Waals surface area contributed by atoms with E-state index in [-0.39, 0.29) is 6.54 Å². The number of nitrogens with zero attached hydrogens (tertiary/aromatic N) is 1. The lowest BCUT2D eigenvalue weighted by atomic mass is 10.2. The number of anilines is 2. The lowest BCUT2D eigenvalue weighted by molar-refractivity contribution is -0.124. The van der Waals surface area contributed by atoms with Crippen LogP contribution in [-0.4, -0.2) is 30.3 Å². The van der Waals surface area contributed by atoms with E-state index in [1.165, 1.54) is 0 Å². The molecule has 6 nitrogen and oxygen atoms in total. The topological polar surface area (TPSA) is 76.8 Å². The maximum Gasteiger partial charge on any atom is 0.260 e. The normalized spacial score (nSPS) is 15.7. The third kappa shape index (κ3) is 3.83. The van der Waals surface area contributed by atoms with Gasteiger partial charge in [0.25, 0.3) is 5.91 Å². The molecule has 1 atom stereocenters. The zero-order valence-corrected chi connectivity index (χ0v) is 14.6. The summed E-state index contributed by atoms with van der Waals surface area (Å²) in [4.78, 5) is 13.4. The first kappa shape index (κ1) is 17.0. The Morgan fingerprint density at radius 2 is 2.04 bits per heavy atom. The van der Waals surface area contributed by atoms with Crippen molar-refractivity contribution < 1.29 is 14.3 Å². The number of amides is 1. The summed E-state index contributed by atoms with van der Waals surface area (Å²) >= 11 is 5.53. The molecule has 0 fully saturated rings. The van der Waals surface area contributed by atoms with Crippen LogP contribution in [0.1, 0.15) is 6.92 Å². The first-order chi connectivity index (χ1) is 12.1. The molecule has 2 aromatic carbocycles. The van der Waals surface area contributed by atoms with Gasteiger partial charge in [-0.15, -0.1) is 0 Å². The molecule has 1 aliphatic heterocycles. The number of para-hydroxylation sites is 2. The Morgan fingerprint density at radius 3 is 2.72 bits per heavy atom. The maximum absolute atomic E-state index is 11.6. The molecule has 7 heteroatoms. The maximum atomic E-state index is 11.6. The van der Waals surface area contributed by atoms with E-state index in [1.807, 2.05) is 54.3 Å². The standard InChI is InChI=1S/C18H19N3O3S/c1-2-23-13-9-7-12(8-10-13)20-18(25)21-11-16(17(19)22)24-15-6-4-3-5-14(15)21/h3-10,16H,2,11H2,1H3,(H2,19,22)(H,20,25). The molecule has 3 rings (SSSR count).